The van der Waals surface area contributed by atoms with Gasteiger partial charge < -0.3 is 9.84 Å². The number of hydrogen-bond donors (Lipinski definition) is 1. The molecule has 0 bridgehead atoms. The molecule has 9 heteroatoms. The molecule has 0 aliphatic heterocycles. The van der Waals surface area contributed by atoms with Crippen LogP contribution in [0.25, 0.3) is 17.0 Å². The van der Waals surface area contributed by atoms with E-state index in [4.69, 9.17) is 9.84 Å². The Bertz CT molecular complexity index is 1180. The number of rotatable bonds is 4. The highest BCUT2D eigenvalue weighted by Gasteiger charge is 2.15. The van der Waals surface area contributed by atoms with Gasteiger partial charge in [0.05, 0.1) is 11.1 Å². The maximum Gasteiger partial charge on any atom is 0.335 e. The van der Waals surface area contributed by atoms with E-state index in [1.54, 1.807) is 12.1 Å². The van der Waals surface area contributed by atoms with E-state index in [1.807, 2.05) is 0 Å². The Kier molecular flexibility index (Phi) is 3.96. The summed E-state index contributed by atoms with van der Waals surface area (Å²) in [5.74, 6) is -2.67. The minimum atomic E-state index is -1.22. The van der Waals surface area contributed by atoms with E-state index < -0.39 is 17.6 Å². The van der Waals surface area contributed by atoms with Gasteiger partial charge in [-0.05, 0) is 36.4 Å². The third-order valence-corrected chi connectivity index (χ3v) is 3.75. The van der Waals surface area contributed by atoms with Gasteiger partial charge in [0.15, 0.2) is 23.0 Å². The molecule has 4 rings (SSSR count). The fourth-order valence-corrected chi connectivity index (χ4v) is 2.46. The van der Waals surface area contributed by atoms with E-state index in [-0.39, 0.29) is 28.6 Å². The van der Waals surface area contributed by atoms with E-state index in [0.29, 0.717) is 5.65 Å². The van der Waals surface area contributed by atoms with Crippen LogP contribution in [-0.4, -0.2) is 30.9 Å². The molecule has 27 heavy (non-hydrogen) atoms. The molecule has 0 aliphatic carbocycles. The molecule has 0 radical (unpaired) electrons. The normalized spacial score (nSPS) is 10.9. The van der Waals surface area contributed by atoms with Crippen molar-refractivity contribution in [3.63, 3.8) is 0 Å². The standard InChI is InChI=1S/C18H10F2N4O3/c19-12-4-2-1-3-11(12)17-22-21-15-7-8-16(23-24(15)17)27-14-9-10(18(25)26)5-6-13(14)20/h1-9H,(H,25,26). The van der Waals surface area contributed by atoms with Crippen molar-refractivity contribution in [2.45, 2.75) is 0 Å². The second-order valence-corrected chi connectivity index (χ2v) is 5.50. The second kappa shape index (κ2) is 6.45. The summed E-state index contributed by atoms with van der Waals surface area (Å²) in [6, 6.07) is 12.1. The highest BCUT2D eigenvalue weighted by molar-refractivity contribution is 5.88. The molecule has 0 saturated carbocycles. The zero-order valence-electron chi connectivity index (χ0n) is 13.5. The van der Waals surface area contributed by atoms with E-state index >= 15 is 0 Å². The fourth-order valence-electron chi connectivity index (χ4n) is 2.46. The van der Waals surface area contributed by atoms with Gasteiger partial charge in [0.2, 0.25) is 5.88 Å². The van der Waals surface area contributed by atoms with Crippen LogP contribution in [0.5, 0.6) is 11.6 Å². The Morgan fingerprint density at radius 3 is 2.59 bits per heavy atom. The molecule has 0 atom stereocenters. The number of nitrogens with zero attached hydrogens (tertiary/aromatic N) is 4. The monoisotopic (exact) mass is 368 g/mol. The maximum absolute atomic E-state index is 14.1. The van der Waals surface area contributed by atoms with Crippen LogP contribution in [0, 0.1) is 11.6 Å². The van der Waals surface area contributed by atoms with Crippen LogP contribution < -0.4 is 4.74 Å². The first-order valence-corrected chi connectivity index (χ1v) is 7.71. The van der Waals surface area contributed by atoms with Crippen LogP contribution in [0.3, 0.4) is 0 Å². The molecule has 4 aromatic rings. The molecule has 0 unspecified atom stereocenters. The summed E-state index contributed by atoms with van der Waals surface area (Å²) in [5.41, 5.74) is 0.387. The van der Waals surface area contributed by atoms with Crippen LogP contribution in [0.1, 0.15) is 10.4 Å². The largest absolute Gasteiger partial charge is 0.478 e. The van der Waals surface area contributed by atoms with E-state index in [9.17, 15) is 13.6 Å². The summed E-state index contributed by atoms with van der Waals surface area (Å²) in [7, 11) is 0. The first-order chi connectivity index (χ1) is 13.0. The van der Waals surface area contributed by atoms with Gasteiger partial charge in [0.1, 0.15) is 5.82 Å². The van der Waals surface area contributed by atoms with Crippen LogP contribution in [0.15, 0.2) is 54.6 Å². The lowest BCUT2D eigenvalue weighted by atomic mass is 10.2. The smallest absolute Gasteiger partial charge is 0.335 e. The van der Waals surface area contributed by atoms with Gasteiger partial charge in [-0.15, -0.1) is 15.3 Å². The number of ether oxygens (including phenoxy) is 1. The molecule has 0 aliphatic rings. The number of halogens is 2. The van der Waals surface area contributed by atoms with E-state index in [0.717, 1.165) is 18.2 Å². The van der Waals surface area contributed by atoms with Crippen LogP contribution >= 0.6 is 0 Å². The molecule has 2 heterocycles. The molecule has 2 aromatic carbocycles. The molecule has 0 saturated heterocycles. The van der Waals surface area contributed by atoms with Gasteiger partial charge in [0.25, 0.3) is 0 Å². The van der Waals surface area contributed by atoms with Crippen molar-refractivity contribution in [2.75, 3.05) is 0 Å². The minimum absolute atomic E-state index is 0.0404. The van der Waals surface area contributed by atoms with Crippen molar-refractivity contribution in [3.8, 4) is 23.0 Å². The Morgan fingerprint density at radius 2 is 1.81 bits per heavy atom. The van der Waals surface area contributed by atoms with Crippen molar-refractivity contribution in [1.29, 1.82) is 0 Å². The lowest BCUT2D eigenvalue weighted by Crippen LogP contribution is -2.01. The van der Waals surface area contributed by atoms with Gasteiger partial charge in [-0.25, -0.2) is 13.6 Å². The number of carbonyl (C=O) groups is 1. The summed E-state index contributed by atoms with van der Waals surface area (Å²) in [6.45, 7) is 0. The lowest BCUT2D eigenvalue weighted by Gasteiger charge is -2.07. The molecule has 7 nitrogen and oxygen atoms in total. The maximum atomic E-state index is 14.1. The Hall–Kier alpha value is -3.88. The highest BCUT2D eigenvalue weighted by Crippen LogP contribution is 2.26. The predicted octanol–water partition coefficient (Wildman–Crippen LogP) is 3.56. The molecule has 2 aromatic heterocycles. The third-order valence-electron chi connectivity index (χ3n) is 3.75. The fraction of sp³-hybridized carbons (Fsp3) is 0. The van der Waals surface area contributed by atoms with Crippen molar-refractivity contribution < 1.29 is 23.4 Å². The molecule has 0 fully saturated rings. The number of fused-ring (bicyclic) bond motifs is 1. The molecule has 134 valence electrons. The number of carboxylic acids is 1. The molecule has 0 amide bonds. The van der Waals surface area contributed by atoms with Gasteiger partial charge in [-0.2, -0.15) is 4.52 Å². The summed E-state index contributed by atoms with van der Waals surface area (Å²) in [4.78, 5) is 11.0. The van der Waals surface area contributed by atoms with Crippen molar-refractivity contribution in [1.82, 2.24) is 19.8 Å². The van der Waals surface area contributed by atoms with Gasteiger partial charge in [0, 0.05) is 6.07 Å². The first-order valence-electron chi connectivity index (χ1n) is 7.71. The second-order valence-electron chi connectivity index (χ2n) is 5.50. The van der Waals surface area contributed by atoms with Crippen LogP contribution in [0.4, 0.5) is 8.78 Å². The number of aromatic carboxylic acids is 1. The Morgan fingerprint density at radius 1 is 1.00 bits per heavy atom. The number of carboxylic acid groups (broad SMARTS) is 1. The lowest BCUT2D eigenvalue weighted by molar-refractivity contribution is 0.0696. The van der Waals surface area contributed by atoms with Crippen molar-refractivity contribution in [3.05, 3.63) is 71.8 Å². The molecular formula is C18H10F2N4O3. The van der Waals surface area contributed by atoms with Crippen LogP contribution in [0.2, 0.25) is 0 Å². The number of hydrogen-bond acceptors (Lipinski definition) is 5. The summed E-state index contributed by atoms with van der Waals surface area (Å²) < 4.78 is 34.6. The van der Waals surface area contributed by atoms with E-state index in [2.05, 4.69) is 15.3 Å². The Labute approximate surface area is 150 Å². The molecule has 0 spiro atoms. The zero-order valence-corrected chi connectivity index (χ0v) is 13.5. The quantitative estimate of drug-likeness (QED) is 0.592. The Balaban J connectivity index is 1.76. The topological polar surface area (TPSA) is 89.6 Å². The average molecular weight is 368 g/mol. The number of benzene rings is 2. The van der Waals surface area contributed by atoms with Gasteiger partial charge in [-0.1, -0.05) is 12.1 Å². The van der Waals surface area contributed by atoms with Crippen LogP contribution in [-0.2, 0) is 0 Å². The first kappa shape index (κ1) is 16.6. The molecule has 1 N–H and O–H groups in total. The van der Waals surface area contributed by atoms with E-state index in [1.165, 1.54) is 28.8 Å². The third kappa shape index (κ3) is 3.06. The predicted molar refractivity (Wildman–Crippen MR) is 89.6 cm³/mol. The minimum Gasteiger partial charge on any atom is -0.478 e. The molecular weight excluding hydrogens is 358 g/mol. The zero-order chi connectivity index (χ0) is 19.0. The average Bonchev–Trinajstić information content (AvgIpc) is 3.07. The summed E-state index contributed by atoms with van der Waals surface area (Å²) >= 11 is 0. The van der Waals surface area contributed by atoms with Gasteiger partial charge in [-0.3, -0.25) is 0 Å². The van der Waals surface area contributed by atoms with Crippen molar-refractivity contribution >= 4 is 11.6 Å². The number of aromatic nitrogens is 4. The summed E-state index contributed by atoms with van der Waals surface area (Å²) in [6.07, 6.45) is 0. The summed E-state index contributed by atoms with van der Waals surface area (Å²) in [5, 5.41) is 21.0. The van der Waals surface area contributed by atoms with Crippen molar-refractivity contribution in [2.24, 2.45) is 0 Å². The highest BCUT2D eigenvalue weighted by atomic mass is 19.1. The SMILES string of the molecule is O=C(O)c1ccc(F)c(Oc2ccc3nnc(-c4ccccc4F)n3n2)c1. The van der Waals surface area contributed by atoms with Gasteiger partial charge >= 0.3 is 5.97 Å².